The molecule has 0 unspecified atom stereocenters. The van der Waals surface area contributed by atoms with Crippen LogP contribution in [0.5, 0.6) is 0 Å². The molecule has 1 aromatic heterocycles. The summed E-state index contributed by atoms with van der Waals surface area (Å²) in [4.78, 5) is 3.16. The highest BCUT2D eigenvalue weighted by molar-refractivity contribution is 5.87. The highest BCUT2D eigenvalue weighted by Gasteiger charge is 2.03. The fraction of sp³-hybridized carbons (Fsp3) is 0.200. The van der Waals surface area contributed by atoms with Gasteiger partial charge in [-0.1, -0.05) is 0 Å². The number of fused-ring (bicyclic) bond motifs is 1. The summed E-state index contributed by atoms with van der Waals surface area (Å²) in [5.74, 6) is 0. The number of nitrogens with two attached hydrogens (primary N) is 2. The van der Waals surface area contributed by atoms with Crippen molar-refractivity contribution in [3.8, 4) is 0 Å². The molecule has 3 heteroatoms. The molecular formula is C10H13N3. The zero-order valence-corrected chi connectivity index (χ0v) is 7.59. The Kier molecular flexibility index (Phi) is 1.74. The molecule has 0 saturated carbocycles. The van der Waals surface area contributed by atoms with Gasteiger partial charge >= 0.3 is 0 Å². The highest BCUT2D eigenvalue weighted by atomic mass is 14.7. The first-order valence-corrected chi connectivity index (χ1v) is 4.28. The van der Waals surface area contributed by atoms with Gasteiger partial charge in [0.2, 0.25) is 0 Å². The van der Waals surface area contributed by atoms with Crippen LogP contribution in [0.4, 0.5) is 5.69 Å². The maximum atomic E-state index is 5.81. The fourth-order valence-corrected chi connectivity index (χ4v) is 1.55. The minimum Gasteiger partial charge on any atom is -0.398 e. The number of aromatic amines is 1. The molecule has 0 atom stereocenters. The zero-order chi connectivity index (χ0) is 9.42. The molecule has 0 fully saturated rings. The molecule has 0 bridgehead atoms. The number of aromatic nitrogens is 1. The summed E-state index contributed by atoms with van der Waals surface area (Å²) < 4.78 is 0. The fourth-order valence-electron chi connectivity index (χ4n) is 1.55. The van der Waals surface area contributed by atoms with Gasteiger partial charge in [0.15, 0.2) is 0 Å². The van der Waals surface area contributed by atoms with Gasteiger partial charge in [-0.15, -0.1) is 0 Å². The van der Waals surface area contributed by atoms with Crippen molar-refractivity contribution >= 4 is 16.6 Å². The van der Waals surface area contributed by atoms with Crippen LogP contribution in [0.1, 0.15) is 11.1 Å². The van der Waals surface area contributed by atoms with Crippen LogP contribution in [-0.2, 0) is 6.54 Å². The largest absolute Gasteiger partial charge is 0.398 e. The maximum absolute atomic E-state index is 5.81. The van der Waals surface area contributed by atoms with Gasteiger partial charge in [-0.3, -0.25) is 0 Å². The molecule has 13 heavy (non-hydrogen) atoms. The molecule has 5 N–H and O–H groups in total. The van der Waals surface area contributed by atoms with Crippen molar-refractivity contribution in [2.45, 2.75) is 13.5 Å². The summed E-state index contributed by atoms with van der Waals surface area (Å²) in [6.07, 6.45) is 1.98. The van der Waals surface area contributed by atoms with E-state index in [1.54, 1.807) is 0 Å². The molecule has 1 aromatic carbocycles. The van der Waals surface area contributed by atoms with E-state index in [1.165, 1.54) is 10.9 Å². The monoisotopic (exact) mass is 175 g/mol. The van der Waals surface area contributed by atoms with Gasteiger partial charge in [0.05, 0.1) is 0 Å². The minimum atomic E-state index is 0.492. The van der Waals surface area contributed by atoms with E-state index in [0.29, 0.717) is 6.54 Å². The molecular weight excluding hydrogens is 162 g/mol. The summed E-state index contributed by atoms with van der Waals surface area (Å²) in [7, 11) is 0. The van der Waals surface area contributed by atoms with Crippen LogP contribution in [0.2, 0.25) is 0 Å². The molecule has 0 aliphatic carbocycles. The lowest BCUT2D eigenvalue weighted by atomic mass is 10.1. The lowest BCUT2D eigenvalue weighted by Gasteiger charge is -2.02. The van der Waals surface area contributed by atoms with Crippen LogP contribution >= 0.6 is 0 Å². The first-order valence-electron chi connectivity index (χ1n) is 4.28. The average molecular weight is 175 g/mol. The molecule has 68 valence electrons. The predicted molar refractivity (Wildman–Crippen MR) is 55.3 cm³/mol. The van der Waals surface area contributed by atoms with Gasteiger partial charge in [0, 0.05) is 29.3 Å². The summed E-state index contributed by atoms with van der Waals surface area (Å²) >= 11 is 0. The summed E-state index contributed by atoms with van der Waals surface area (Å²) in [6.45, 7) is 2.56. The van der Waals surface area contributed by atoms with Crippen molar-refractivity contribution in [1.82, 2.24) is 4.98 Å². The van der Waals surface area contributed by atoms with Gasteiger partial charge < -0.3 is 16.5 Å². The number of anilines is 1. The van der Waals surface area contributed by atoms with E-state index >= 15 is 0 Å². The van der Waals surface area contributed by atoms with Crippen LogP contribution in [0, 0.1) is 6.92 Å². The number of aryl methyl sites for hydroxylation is 1. The SMILES string of the molecule is Cc1c[nH]c2cc(N)c(CN)cc12. The quantitative estimate of drug-likeness (QED) is 0.575. The Bertz CT molecular complexity index is 443. The first-order chi connectivity index (χ1) is 6.22. The molecule has 0 saturated heterocycles. The second kappa shape index (κ2) is 2.78. The Morgan fingerprint density at radius 2 is 2.15 bits per heavy atom. The smallest absolute Gasteiger partial charge is 0.0477 e. The van der Waals surface area contributed by atoms with Crippen LogP contribution in [0.3, 0.4) is 0 Å². The van der Waals surface area contributed by atoms with E-state index in [4.69, 9.17) is 11.5 Å². The van der Waals surface area contributed by atoms with E-state index in [1.807, 2.05) is 12.3 Å². The zero-order valence-electron chi connectivity index (χ0n) is 7.59. The molecule has 0 radical (unpaired) electrons. The number of nitrogen functional groups attached to an aromatic ring is 1. The lowest BCUT2D eigenvalue weighted by molar-refractivity contribution is 1.08. The van der Waals surface area contributed by atoms with E-state index in [2.05, 4.69) is 18.0 Å². The van der Waals surface area contributed by atoms with Crippen LogP contribution in [0.25, 0.3) is 10.9 Å². The Morgan fingerprint density at radius 3 is 2.85 bits per heavy atom. The topological polar surface area (TPSA) is 67.8 Å². The third-order valence-electron chi connectivity index (χ3n) is 2.37. The number of hydrogen-bond donors (Lipinski definition) is 3. The first kappa shape index (κ1) is 8.13. The summed E-state index contributed by atoms with van der Waals surface area (Å²) in [6, 6.07) is 3.99. The molecule has 0 amide bonds. The van der Waals surface area contributed by atoms with E-state index in [9.17, 15) is 0 Å². The molecule has 0 spiro atoms. The molecule has 2 aromatic rings. The standard InChI is InChI=1S/C10H13N3/c1-6-5-13-10-3-9(12)7(4-11)2-8(6)10/h2-3,5,13H,4,11-12H2,1H3. The van der Waals surface area contributed by atoms with Crippen molar-refractivity contribution in [2.24, 2.45) is 5.73 Å². The molecule has 3 nitrogen and oxygen atoms in total. The third kappa shape index (κ3) is 1.17. The van der Waals surface area contributed by atoms with E-state index < -0.39 is 0 Å². The Hall–Kier alpha value is -1.48. The third-order valence-corrected chi connectivity index (χ3v) is 2.37. The average Bonchev–Trinajstić information content (AvgIpc) is 2.46. The molecule has 2 rings (SSSR count). The number of benzene rings is 1. The van der Waals surface area contributed by atoms with Crippen LogP contribution in [0.15, 0.2) is 18.3 Å². The molecule has 1 heterocycles. The number of nitrogens with one attached hydrogen (secondary N) is 1. The van der Waals surface area contributed by atoms with Crippen molar-refractivity contribution in [2.75, 3.05) is 5.73 Å². The van der Waals surface area contributed by atoms with Gasteiger partial charge in [-0.25, -0.2) is 0 Å². The Balaban J connectivity index is 2.77. The molecule has 0 aliphatic rings. The van der Waals surface area contributed by atoms with Gasteiger partial charge in [-0.2, -0.15) is 0 Å². The second-order valence-electron chi connectivity index (χ2n) is 3.27. The van der Waals surface area contributed by atoms with Gasteiger partial charge in [-0.05, 0) is 30.2 Å². The van der Waals surface area contributed by atoms with Crippen molar-refractivity contribution < 1.29 is 0 Å². The summed E-state index contributed by atoms with van der Waals surface area (Å²) in [5, 5.41) is 1.20. The van der Waals surface area contributed by atoms with E-state index in [0.717, 1.165) is 16.8 Å². The van der Waals surface area contributed by atoms with Crippen molar-refractivity contribution in [3.05, 3.63) is 29.5 Å². The van der Waals surface area contributed by atoms with Gasteiger partial charge in [0.25, 0.3) is 0 Å². The van der Waals surface area contributed by atoms with Crippen molar-refractivity contribution in [1.29, 1.82) is 0 Å². The molecule has 0 aliphatic heterocycles. The Morgan fingerprint density at radius 1 is 1.38 bits per heavy atom. The Labute approximate surface area is 76.7 Å². The van der Waals surface area contributed by atoms with Crippen molar-refractivity contribution in [3.63, 3.8) is 0 Å². The highest BCUT2D eigenvalue weighted by Crippen LogP contribution is 2.23. The van der Waals surface area contributed by atoms with E-state index in [-0.39, 0.29) is 0 Å². The van der Waals surface area contributed by atoms with Crippen LogP contribution in [-0.4, -0.2) is 4.98 Å². The number of hydrogen-bond acceptors (Lipinski definition) is 2. The van der Waals surface area contributed by atoms with Crippen LogP contribution < -0.4 is 11.5 Å². The predicted octanol–water partition coefficient (Wildman–Crippen LogP) is 1.52. The maximum Gasteiger partial charge on any atom is 0.0477 e. The number of rotatable bonds is 1. The normalized spacial score (nSPS) is 10.9. The lowest BCUT2D eigenvalue weighted by Crippen LogP contribution is -2.01. The minimum absolute atomic E-state index is 0.492. The second-order valence-corrected chi connectivity index (χ2v) is 3.27. The van der Waals surface area contributed by atoms with Gasteiger partial charge in [0.1, 0.15) is 0 Å². The summed E-state index contributed by atoms with van der Waals surface area (Å²) in [5.41, 5.74) is 15.4. The number of H-pyrrole nitrogens is 1.